The van der Waals surface area contributed by atoms with E-state index in [4.69, 9.17) is 15.0 Å². The number of hydrogen-bond acceptors (Lipinski definition) is 5. The van der Waals surface area contributed by atoms with Crippen LogP contribution in [0.3, 0.4) is 0 Å². The van der Waals surface area contributed by atoms with Gasteiger partial charge in [0.25, 0.3) is 0 Å². The fourth-order valence-electron chi connectivity index (χ4n) is 2.24. The molecule has 0 unspecified atom stereocenters. The van der Waals surface area contributed by atoms with E-state index in [9.17, 15) is 0 Å². The maximum Gasteiger partial charge on any atom is 0.231 e. The zero-order chi connectivity index (χ0) is 16.1. The van der Waals surface area contributed by atoms with Crippen LogP contribution in [0.5, 0.6) is 5.75 Å². The Balaban J connectivity index is 1.80. The van der Waals surface area contributed by atoms with Gasteiger partial charge in [0, 0.05) is 5.69 Å². The Morgan fingerprint density at radius 1 is 1.09 bits per heavy atom. The van der Waals surface area contributed by atoms with Crippen molar-refractivity contribution in [3.63, 3.8) is 0 Å². The maximum atomic E-state index is 5.75. The molecule has 0 radical (unpaired) electrons. The van der Waals surface area contributed by atoms with E-state index in [0.29, 0.717) is 24.7 Å². The van der Waals surface area contributed by atoms with Crippen molar-refractivity contribution in [3.05, 3.63) is 60.0 Å². The number of ether oxygens (including phenoxy) is 1. The summed E-state index contributed by atoms with van der Waals surface area (Å²) in [5, 5.41) is 4.08. The van der Waals surface area contributed by atoms with Crippen molar-refractivity contribution < 1.29 is 9.26 Å². The van der Waals surface area contributed by atoms with Crippen LogP contribution in [0.1, 0.15) is 24.8 Å². The van der Waals surface area contributed by atoms with E-state index >= 15 is 0 Å². The summed E-state index contributed by atoms with van der Waals surface area (Å²) in [6, 6.07) is 15.4. The molecule has 3 aromatic rings. The van der Waals surface area contributed by atoms with Crippen LogP contribution in [0.2, 0.25) is 0 Å². The summed E-state index contributed by atoms with van der Waals surface area (Å²) in [6.07, 6.45) is 1.52. The van der Waals surface area contributed by atoms with Crippen LogP contribution < -0.4 is 10.5 Å². The SMILES string of the molecule is CCCOc1ccccc1-c1noc(Cc2ccc(N)cc2)n1. The van der Waals surface area contributed by atoms with E-state index in [0.717, 1.165) is 29.0 Å². The molecule has 23 heavy (non-hydrogen) atoms. The fourth-order valence-corrected chi connectivity index (χ4v) is 2.24. The van der Waals surface area contributed by atoms with Crippen LogP contribution >= 0.6 is 0 Å². The lowest BCUT2D eigenvalue weighted by Gasteiger charge is -2.07. The largest absolute Gasteiger partial charge is 0.493 e. The van der Waals surface area contributed by atoms with Gasteiger partial charge in [0.1, 0.15) is 5.75 Å². The molecule has 0 amide bonds. The molecule has 0 fully saturated rings. The molecule has 1 heterocycles. The second-order valence-electron chi connectivity index (χ2n) is 5.27. The smallest absolute Gasteiger partial charge is 0.231 e. The Hall–Kier alpha value is -2.82. The van der Waals surface area contributed by atoms with Gasteiger partial charge in [-0.25, -0.2) is 0 Å². The number of rotatable bonds is 6. The number of hydrogen-bond donors (Lipinski definition) is 1. The average Bonchev–Trinajstić information content (AvgIpc) is 3.04. The molecule has 1 aromatic heterocycles. The highest BCUT2D eigenvalue weighted by molar-refractivity contribution is 5.63. The summed E-state index contributed by atoms with van der Waals surface area (Å²) in [6.45, 7) is 2.73. The van der Waals surface area contributed by atoms with Gasteiger partial charge in [-0.2, -0.15) is 4.98 Å². The van der Waals surface area contributed by atoms with Gasteiger partial charge in [-0.05, 0) is 36.2 Å². The van der Waals surface area contributed by atoms with E-state index in [2.05, 4.69) is 17.1 Å². The first kappa shape index (κ1) is 15.1. The van der Waals surface area contributed by atoms with E-state index in [1.54, 1.807) is 0 Å². The second kappa shape index (κ2) is 6.96. The molecule has 3 rings (SSSR count). The second-order valence-corrected chi connectivity index (χ2v) is 5.27. The van der Waals surface area contributed by atoms with Crippen molar-refractivity contribution >= 4 is 5.69 Å². The molecule has 0 spiro atoms. The summed E-state index contributed by atoms with van der Waals surface area (Å²) < 4.78 is 11.1. The number of para-hydroxylation sites is 1. The predicted octanol–water partition coefficient (Wildman–Crippen LogP) is 3.70. The van der Waals surface area contributed by atoms with Crippen molar-refractivity contribution in [3.8, 4) is 17.1 Å². The third-order valence-corrected chi connectivity index (χ3v) is 3.39. The quantitative estimate of drug-likeness (QED) is 0.703. The molecule has 0 aliphatic heterocycles. The van der Waals surface area contributed by atoms with Crippen molar-refractivity contribution in [2.75, 3.05) is 12.3 Å². The van der Waals surface area contributed by atoms with Crippen molar-refractivity contribution in [1.29, 1.82) is 0 Å². The topological polar surface area (TPSA) is 74.2 Å². The van der Waals surface area contributed by atoms with Crippen LogP contribution in [0, 0.1) is 0 Å². The molecule has 2 N–H and O–H groups in total. The summed E-state index contributed by atoms with van der Waals surface area (Å²) in [4.78, 5) is 4.48. The molecule has 0 aliphatic carbocycles. The normalized spacial score (nSPS) is 10.7. The lowest BCUT2D eigenvalue weighted by atomic mass is 10.1. The van der Waals surface area contributed by atoms with E-state index in [-0.39, 0.29) is 0 Å². The van der Waals surface area contributed by atoms with Gasteiger partial charge in [0.15, 0.2) is 0 Å². The van der Waals surface area contributed by atoms with Gasteiger partial charge in [-0.3, -0.25) is 0 Å². The van der Waals surface area contributed by atoms with Gasteiger partial charge < -0.3 is 15.0 Å². The number of benzene rings is 2. The predicted molar refractivity (Wildman–Crippen MR) is 89.2 cm³/mol. The minimum Gasteiger partial charge on any atom is -0.493 e. The molecule has 0 saturated heterocycles. The third kappa shape index (κ3) is 3.69. The first-order valence-electron chi connectivity index (χ1n) is 7.65. The molecule has 5 nitrogen and oxygen atoms in total. The molecule has 5 heteroatoms. The van der Waals surface area contributed by atoms with Crippen molar-refractivity contribution in [2.24, 2.45) is 0 Å². The third-order valence-electron chi connectivity index (χ3n) is 3.39. The minimum absolute atomic E-state index is 0.544. The zero-order valence-corrected chi connectivity index (χ0v) is 13.0. The summed E-state index contributed by atoms with van der Waals surface area (Å²) in [5.74, 6) is 1.88. The lowest BCUT2D eigenvalue weighted by molar-refractivity contribution is 0.318. The standard InChI is InChI=1S/C18H19N3O2/c1-2-11-22-16-6-4-3-5-15(16)18-20-17(23-21-18)12-13-7-9-14(19)10-8-13/h3-10H,2,11-12,19H2,1H3. The average molecular weight is 309 g/mol. The number of nitrogen functional groups attached to an aromatic ring is 1. The van der Waals surface area contributed by atoms with Gasteiger partial charge >= 0.3 is 0 Å². The molecular formula is C18H19N3O2. The molecule has 0 aliphatic rings. The summed E-state index contributed by atoms with van der Waals surface area (Å²) in [7, 11) is 0. The Morgan fingerprint density at radius 2 is 1.87 bits per heavy atom. The maximum absolute atomic E-state index is 5.75. The highest BCUT2D eigenvalue weighted by Gasteiger charge is 2.13. The molecular weight excluding hydrogens is 290 g/mol. The summed E-state index contributed by atoms with van der Waals surface area (Å²) in [5.41, 5.74) is 8.34. The Bertz CT molecular complexity index is 766. The molecule has 0 atom stereocenters. The van der Waals surface area contributed by atoms with E-state index in [1.165, 1.54) is 0 Å². The zero-order valence-electron chi connectivity index (χ0n) is 13.0. The number of aromatic nitrogens is 2. The van der Waals surface area contributed by atoms with Crippen LogP contribution in [-0.2, 0) is 6.42 Å². The molecule has 118 valence electrons. The van der Waals surface area contributed by atoms with Gasteiger partial charge in [0.05, 0.1) is 18.6 Å². The van der Waals surface area contributed by atoms with Gasteiger partial charge in [0.2, 0.25) is 11.7 Å². The van der Waals surface area contributed by atoms with Crippen molar-refractivity contribution in [1.82, 2.24) is 10.1 Å². The van der Waals surface area contributed by atoms with Crippen LogP contribution in [-0.4, -0.2) is 16.7 Å². The van der Waals surface area contributed by atoms with Gasteiger partial charge in [-0.1, -0.05) is 36.3 Å². The molecule has 0 saturated carbocycles. The monoisotopic (exact) mass is 309 g/mol. The number of nitrogens with zero attached hydrogens (tertiary/aromatic N) is 2. The highest BCUT2D eigenvalue weighted by Crippen LogP contribution is 2.28. The fraction of sp³-hybridized carbons (Fsp3) is 0.222. The van der Waals surface area contributed by atoms with Crippen LogP contribution in [0.25, 0.3) is 11.4 Å². The number of nitrogens with two attached hydrogens (primary N) is 1. The highest BCUT2D eigenvalue weighted by atomic mass is 16.5. The van der Waals surface area contributed by atoms with Gasteiger partial charge in [-0.15, -0.1) is 0 Å². The van der Waals surface area contributed by atoms with Crippen LogP contribution in [0.4, 0.5) is 5.69 Å². The number of anilines is 1. The molecule has 2 aromatic carbocycles. The molecule has 0 bridgehead atoms. The first-order chi connectivity index (χ1) is 11.3. The summed E-state index contributed by atoms with van der Waals surface area (Å²) >= 11 is 0. The Labute approximate surface area is 135 Å². The Morgan fingerprint density at radius 3 is 2.65 bits per heavy atom. The van der Waals surface area contributed by atoms with E-state index < -0.39 is 0 Å². The Kier molecular flexibility index (Phi) is 4.57. The lowest BCUT2D eigenvalue weighted by Crippen LogP contribution is -1.97. The first-order valence-corrected chi connectivity index (χ1v) is 7.65. The van der Waals surface area contributed by atoms with Crippen LogP contribution in [0.15, 0.2) is 53.1 Å². The minimum atomic E-state index is 0.544. The van der Waals surface area contributed by atoms with Crippen molar-refractivity contribution in [2.45, 2.75) is 19.8 Å². The van der Waals surface area contributed by atoms with E-state index in [1.807, 2.05) is 48.5 Å².